The lowest BCUT2D eigenvalue weighted by molar-refractivity contribution is -0.141. The summed E-state index contributed by atoms with van der Waals surface area (Å²) in [7, 11) is 0. The van der Waals surface area contributed by atoms with Gasteiger partial charge in [-0.25, -0.2) is 0 Å². The smallest absolute Gasteiger partial charge is 0.223 e. The molecular weight excluding hydrogens is 524 g/mol. The van der Waals surface area contributed by atoms with Crippen molar-refractivity contribution < 1.29 is 4.79 Å². The number of carbonyl (C=O) groups is 1. The molecule has 1 unspecified atom stereocenters. The minimum absolute atomic E-state index is 0. The van der Waals surface area contributed by atoms with Gasteiger partial charge in [0.1, 0.15) is 0 Å². The van der Waals surface area contributed by atoms with Gasteiger partial charge in [0.2, 0.25) is 5.91 Å². The van der Waals surface area contributed by atoms with E-state index < -0.39 is 0 Å². The number of nitrogens with one attached hydrogen (secondary N) is 1. The fourth-order valence-electron chi connectivity index (χ4n) is 5.29. The van der Waals surface area contributed by atoms with E-state index in [-0.39, 0.29) is 24.9 Å². The van der Waals surface area contributed by atoms with Crippen molar-refractivity contribution >= 4 is 33.4 Å². The zero-order chi connectivity index (χ0) is 24.3. The van der Waals surface area contributed by atoms with Crippen LogP contribution in [-0.2, 0) is 4.79 Å². The van der Waals surface area contributed by atoms with E-state index in [0.29, 0.717) is 18.2 Å². The van der Waals surface area contributed by atoms with E-state index in [0.717, 1.165) is 60.8 Å². The Morgan fingerprint density at radius 3 is 2.43 bits per heavy atom. The van der Waals surface area contributed by atoms with E-state index in [2.05, 4.69) is 70.0 Å². The SMILES string of the molecule is C.CC(C)(C)[C@H]1CN(C(c2ccc(Cl)cc2)c2ccc(Br)cn2)CCN1C(=O)CC1CCNCC1. The van der Waals surface area contributed by atoms with E-state index in [1.54, 1.807) is 0 Å². The van der Waals surface area contributed by atoms with Crippen molar-refractivity contribution in [1.82, 2.24) is 20.1 Å². The van der Waals surface area contributed by atoms with Crippen molar-refractivity contribution in [2.45, 2.75) is 59.5 Å². The molecule has 2 aromatic rings. The summed E-state index contributed by atoms with van der Waals surface area (Å²) in [5.74, 6) is 0.817. The molecule has 5 nitrogen and oxygen atoms in total. The van der Waals surface area contributed by atoms with Crippen molar-refractivity contribution in [3.8, 4) is 0 Å². The van der Waals surface area contributed by atoms with Gasteiger partial charge in [-0.2, -0.15) is 0 Å². The third-order valence-corrected chi connectivity index (χ3v) is 7.96. The highest BCUT2D eigenvalue weighted by molar-refractivity contribution is 9.10. The second-order valence-electron chi connectivity index (χ2n) is 10.7. The van der Waals surface area contributed by atoms with Crippen molar-refractivity contribution in [3.05, 3.63) is 63.3 Å². The summed E-state index contributed by atoms with van der Waals surface area (Å²) in [6.45, 7) is 11.2. The van der Waals surface area contributed by atoms with Gasteiger partial charge in [0.05, 0.1) is 11.7 Å². The minimum atomic E-state index is -0.0276. The van der Waals surface area contributed by atoms with Crippen LogP contribution in [0.5, 0.6) is 0 Å². The zero-order valence-electron chi connectivity index (χ0n) is 20.4. The van der Waals surface area contributed by atoms with Crippen molar-refractivity contribution in [1.29, 1.82) is 0 Å². The molecule has 2 atom stereocenters. The van der Waals surface area contributed by atoms with Gasteiger partial charge in [-0.15, -0.1) is 0 Å². The molecule has 3 heterocycles. The number of halogens is 2. The number of carbonyl (C=O) groups excluding carboxylic acids is 1. The molecule has 4 rings (SSSR count). The van der Waals surface area contributed by atoms with E-state index >= 15 is 0 Å². The van der Waals surface area contributed by atoms with Crippen LogP contribution in [0.4, 0.5) is 0 Å². The first kappa shape index (κ1) is 28.1. The lowest BCUT2D eigenvalue weighted by Gasteiger charge is -2.49. The predicted octanol–water partition coefficient (Wildman–Crippen LogP) is 6.17. The molecule has 2 fully saturated rings. The number of pyridine rings is 1. The maximum atomic E-state index is 13.5. The molecule has 0 spiro atoms. The summed E-state index contributed by atoms with van der Waals surface area (Å²) < 4.78 is 0.965. The predicted molar refractivity (Wildman–Crippen MR) is 149 cm³/mol. The molecule has 0 radical (unpaired) electrons. The molecule has 1 aromatic heterocycles. The Morgan fingerprint density at radius 2 is 1.83 bits per heavy atom. The van der Waals surface area contributed by atoms with E-state index in [1.807, 2.05) is 24.4 Å². The standard InChI is InChI=1S/C27H36BrClN4O.CH4/c1-27(2,3)24-18-32(14-15-33(24)25(34)16-19-10-12-30-13-11-19)26(20-4-7-22(29)8-5-20)23-9-6-21(28)17-31-23;/h4-9,17,19,24,26,30H,10-16,18H2,1-3H3;1H4/t24-,26?;/m1./s1. The molecule has 7 heteroatoms. The van der Waals surface area contributed by atoms with Crippen LogP contribution in [0, 0.1) is 11.3 Å². The number of aromatic nitrogens is 1. The quantitative estimate of drug-likeness (QED) is 0.473. The van der Waals surface area contributed by atoms with Crippen molar-refractivity contribution in [2.75, 3.05) is 32.7 Å². The van der Waals surface area contributed by atoms with Crippen LogP contribution in [-0.4, -0.2) is 59.5 Å². The van der Waals surface area contributed by atoms with Crippen molar-refractivity contribution in [2.24, 2.45) is 11.3 Å². The highest BCUT2D eigenvalue weighted by atomic mass is 79.9. The lowest BCUT2D eigenvalue weighted by Crippen LogP contribution is -2.60. The number of amides is 1. The fourth-order valence-corrected chi connectivity index (χ4v) is 5.65. The van der Waals surface area contributed by atoms with Gasteiger partial charge in [-0.1, -0.05) is 51.9 Å². The highest BCUT2D eigenvalue weighted by Crippen LogP contribution is 2.35. The Bertz CT molecular complexity index is 909. The Kier molecular flexibility index (Phi) is 9.78. The summed E-state index contributed by atoms with van der Waals surface area (Å²) in [5, 5.41) is 4.14. The van der Waals surface area contributed by atoms with Crippen LogP contribution in [0.3, 0.4) is 0 Å². The Hall–Kier alpha value is -1.47. The number of nitrogens with zero attached hydrogens (tertiary/aromatic N) is 3. The van der Waals surface area contributed by atoms with Crippen LogP contribution < -0.4 is 5.32 Å². The molecule has 0 bridgehead atoms. The molecule has 1 N–H and O–H groups in total. The Morgan fingerprint density at radius 1 is 1.14 bits per heavy atom. The van der Waals surface area contributed by atoms with Crippen LogP contribution >= 0.6 is 27.5 Å². The molecular formula is C28H40BrClN4O. The van der Waals surface area contributed by atoms with Gasteiger partial charge in [0.15, 0.2) is 0 Å². The summed E-state index contributed by atoms with van der Waals surface area (Å²) in [5.41, 5.74) is 2.15. The van der Waals surface area contributed by atoms with E-state index in [1.165, 1.54) is 5.56 Å². The fraction of sp³-hybridized carbons (Fsp3) is 0.571. The number of benzene rings is 1. The number of hydrogen-bond acceptors (Lipinski definition) is 4. The molecule has 2 aliphatic rings. The first-order valence-electron chi connectivity index (χ1n) is 12.3. The van der Waals surface area contributed by atoms with Crippen molar-refractivity contribution in [3.63, 3.8) is 0 Å². The second kappa shape index (κ2) is 12.2. The van der Waals surface area contributed by atoms with Gasteiger partial charge < -0.3 is 10.2 Å². The summed E-state index contributed by atoms with van der Waals surface area (Å²) in [4.78, 5) is 22.9. The molecule has 2 saturated heterocycles. The van der Waals surface area contributed by atoms with Crippen LogP contribution in [0.25, 0.3) is 0 Å². The Balaban J connectivity index is 0.00000342. The topological polar surface area (TPSA) is 48.5 Å². The molecule has 1 aromatic carbocycles. The van der Waals surface area contributed by atoms with Gasteiger partial charge in [-0.3, -0.25) is 14.7 Å². The summed E-state index contributed by atoms with van der Waals surface area (Å²) in [6, 6.07) is 12.4. The summed E-state index contributed by atoms with van der Waals surface area (Å²) in [6.07, 6.45) is 4.72. The van der Waals surface area contributed by atoms with Gasteiger partial charge in [-0.05, 0) is 83.0 Å². The first-order chi connectivity index (χ1) is 16.2. The average molecular weight is 564 g/mol. The number of piperidine rings is 1. The maximum Gasteiger partial charge on any atom is 0.223 e. The molecule has 0 saturated carbocycles. The van der Waals surface area contributed by atoms with Crippen LogP contribution in [0.1, 0.15) is 64.8 Å². The van der Waals surface area contributed by atoms with Gasteiger partial charge in [0.25, 0.3) is 0 Å². The average Bonchev–Trinajstić information content (AvgIpc) is 2.82. The highest BCUT2D eigenvalue weighted by Gasteiger charge is 2.40. The molecule has 35 heavy (non-hydrogen) atoms. The molecule has 0 aliphatic carbocycles. The van der Waals surface area contributed by atoms with E-state index in [4.69, 9.17) is 16.6 Å². The molecule has 192 valence electrons. The van der Waals surface area contributed by atoms with E-state index in [9.17, 15) is 4.79 Å². The largest absolute Gasteiger partial charge is 0.337 e. The third-order valence-electron chi connectivity index (χ3n) is 7.24. The number of piperazine rings is 1. The van der Waals surface area contributed by atoms with Gasteiger partial charge >= 0.3 is 0 Å². The lowest BCUT2D eigenvalue weighted by atomic mass is 9.82. The Labute approximate surface area is 224 Å². The monoisotopic (exact) mass is 562 g/mol. The third kappa shape index (κ3) is 7.06. The second-order valence-corrected chi connectivity index (χ2v) is 12.1. The summed E-state index contributed by atoms with van der Waals surface area (Å²) >= 11 is 9.72. The normalized spacial score (nSPS) is 20.8. The molecule has 2 aliphatic heterocycles. The molecule has 1 amide bonds. The van der Waals surface area contributed by atoms with Crippen LogP contribution in [0.15, 0.2) is 47.1 Å². The minimum Gasteiger partial charge on any atom is -0.337 e. The zero-order valence-corrected chi connectivity index (χ0v) is 22.8. The number of hydrogen-bond donors (Lipinski definition) is 1. The van der Waals surface area contributed by atoms with Gasteiger partial charge in [0, 0.05) is 47.8 Å². The number of rotatable bonds is 5. The van der Waals surface area contributed by atoms with Crippen LogP contribution in [0.2, 0.25) is 5.02 Å². The maximum absolute atomic E-state index is 13.5. The first-order valence-corrected chi connectivity index (χ1v) is 13.5.